The number of carbonyl (C=O) groups is 1. The summed E-state index contributed by atoms with van der Waals surface area (Å²) in [5, 5.41) is 7.40. The van der Waals surface area contributed by atoms with Gasteiger partial charge in [0.05, 0.1) is 11.2 Å². The maximum Gasteiger partial charge on any atom is 0.268 e. The van der Waals surface area contributed by atoms with Crippen molar-refractivity contribution in [2.75, 3.05) is 19.6 Å². The lowest BCUT2D eigenvalue weighted by atomic mass is 9.99. The zero-order chi connectivity index (χ0) is 13.2. The number of amides is 1. The van der Waals surface area contributed by atoms with Crippen LogP contribution in [-0.4, -0.2) is 45.6 Å². The van der Waals surface area contributed by atoms with E-state index in [2.05, 4.69) is 35.7 Å². The van der Waals surface area contributed by atoms with Crippen LogP contribution >= 0.6 is 11.5 Å². The topological polar surface area (TPSA) is 58.1 Å². The molecule has 5 nitrogen and oxygen atoms in total. The summed E-state index contributed by atoms with van der Waals surface area (Å²) in [5.41, 5.74) is 0.699. The Morgan fingerprint density at radius 3 is 3.00 bits per heavy atom. The summed E-state index contributed by atoms with van der Waals surface area (Å²) in [4.78, 5) is 15.3. The molecule has 18 heavy (non-hydrogen) atoms. The number of nitrogens with one attached hydrogen (secondary N) is 1. The van der Waals surface area contributed by atoms with Gasteiger partial charge in [0.15, 0.2) is 0 Å². The fraction of sp³-hybridized carbons (Fsp3) is 0.750. The normalized spacial score (nSPS) is 18.9. The van der Waals surface area contributed by atoms with E-state index in [9.17, 15) is 4.79 Å². The summed E-state index contributed by atoms with van der Waals surface area (Å²) in [6.45, 7) is 8.69. The van der Waals surface area contributed by atoms with E-state index in [-0.39, 0.29) is 11.4 Å². The molecule has 0 unspecified atom stereocenters. The zero-order valence-corrected chi connectivity index (χ0v) is 12.0. The molecule has 0 spiro atoms. The lowest BCUT2D eigenvalue weighted by Gasteiger charge is -2.42. The molecule has 0 aromatic carbocycles. The van der Waals surface area contributed by atoms with Gasteiger partial charge in [0.25, 0.3) is 5.91 Å². The van der Waals surface area contributed by atoms with Gasteiger partial charge in [0.1, 0.15) is 4.88 Å². The summed E-state index contributed by atoms with van der Waals surface area (Å²) >= 11 is 1.22. The fourth-order valence-corrected chi connectivity index (χ4v) is 2.91. The quantitative estimate of drug-likeness (QED) is 0.898. The zero-order valence-electron chi connectivity index (χ0n) is 11.2. The van der Waals surface area contributed by atoms with Crippen LogP contribution in [0.25, 0.3) is 0 Å². The first kappa shape index (κ1) is 13.4. The highest BCUT2D eigenvalue weighted by molar-refractivity contribution is 7.08. The van der Waals surface area contributed by atoms with Gasteiger partial charge in [-0.3, -0.25) is 4.79 Å². The van der Waals surface area contributed by atoms with Crippen molar-refractivity contribution >= 4 is 17.4 Å². The molecule has 1 fully saturated rings. The van der Waals surface area contributed by atoms with Crippen LogP contribution in [0, 0.1) is 0 Å². The molecule has 6 heteroatoms. The van der Waals surface area contributed by atoms with Gasteiger partial charge in [0, 0.05) is 19.6 Å². The SMILES string of the molecule is CCCc1nnsc1C(=O)N1CCNCC1(C)C. The second-order valence-corrected chi connectivity index (χ2v) is 6.00. The van der Waals surface area contributed by atoms with Crippen molar-refractivity contribution in [2.45, 2.75) is 39.2 Å². The van der Waals surface area contributed by atoms with Crippen LogP contribution in [-0.2, 0) is 6.42 Å². The van der Waals surface area contributed by atoms with Crippen LogP contribution in [0.4, 0.5) is 0 Å². The third-order valence-electron chi connectivity index (χ3n) is 3.28. The number of aromatic nitrogens is 2. The third-order valence-corrected chi connectivity index (χ3v) is 4.04. The molecule has 1 aromatic rings. The average molecular weight is 268 g/mol. The molecule has 0 bridgehead atoms. The Hall–Kier alpha value is -1.01. The number of hydrogen-bond donors (Lipinski definition) is 1. The molecular weight excluding hydrogens is 248 g/mol. The maximum absolute atomic E-state index is 12.6. The molecule has 0 radical (unpaired) electrons. The van der Waals surface area contributed by atoms with Crippen LogP contribution in [0.15, 0.2) is 0 Å². The van der Waals surface area contributed by atoms with Crippen molar-refractivity contribution in [3.05, 3.63) is 10.6 Å². The lowest BCUT2D eigenvalue weighted by molar-refractivity contribution is 0.0481. The Kier molecular flexibility index (Phi) is 3.97. The van der Waals surface area contributed by atoms with E-state index in [4.69, 9.17) is 0 Å². The molecule has 2 rings (SSSR count). The van der Waals surface area contributed by atoms with Crippen LogP contribution < -0.4 is 5.32 Å². The number of hydrogen-bond acceptors (Lipinski definition) is 5. The largest absolute Gasteiger partial charge is 0.330 e. The standard InChI is InChI=1S/C12H20N4OS/c1-4-5-9-10(18-15-14-9)11(17)16-7-6-13-8-12(16,2)3/h13H,4-8H2,1-3H3. The van der Waals surface area contributed by atoms with Crippen LogP contribution in [0.5, 0.6) is 0 Å². The van der Waals surface area contributed by atoms with Gasteiger partial charge in [0.2, 0.25) is 0 Å². The van der Waals surface area contributed by atoms with E-state index in [0.29, 0.717) is 4.88 Å². The van der Waals surface area contributed by atoms with Gasteiger partial charge in [-0.15, -0.1) is 5.10 Å². The van der Waals surface area contributed by atoms with E-state index in [1.807, 2.05) is 4.90 Å². The van der Waals surface area contributed by atoms with Gasteiger partial charge in [-0.1, -0.05) is 17.8 Å². The predicted molar refractivity (Wildman–Crippen MR) is 71.9 cm³/mol. The minimum Gasteiger partial charge on any atom is -0.330 e. The first-order chi connectivity index (χ1) is 8.56. The second-order valence-electron chi connectivity index (χ2n) is 5.24. The number of piperazine rings is 1. The summed E-state index contributed by atoms with van der Waals surface area (Å²) in [7, 11) is 0. The number of aryl methyl sites for hydroxylation is 1. The van der Waals surface area contributed by atoms with Gasteiger partial charge < -0.3 is 10.2 Å². The molecule has 2 heterocycles. The molecular formula is C12H20N4OS. The Labute approximate surface area is 112 Å². The third kappa shape index (κ3) is 2.54. The minimum absolute atomic E-state index is 0.0833. The van der Waals surface area contributed by atoms with Crippen molar-refractivity contribution in [3.63, 3.8) is 0 Å². The second kappa shape index (κ2) is 5.32. The van der Waals surface area contributed by atoms with E-state index in [1.165, 1.54) is 11.5 Å². The van der Waals surface area contributed by atoms with Crippen molar-refractivity contribution in [3.8, 4) is 0 Å². The monoisotopic (exact) mass is 268 g/mol. The average Bonchev–Trinajstić information content (AvgIpc) is 2.76. The van der Waals surface area contributed by atoms with E-state index in [0.717, 1.165) is 38.2 Å². The molecule has 0 saturated carbocycles. The Balaban J connectivity index is 2.22. The maximum atomic E-state index is 12.6. The molecule has 1 aliphatic rings. The van der Waals surface area contributed by atoms with E-state index < -0.39 is 0 Å². The van der Waals surface area contributed by atoms with Gasteiger partial charge >= 0.3 is 0 Å². The number of nitrogens with zero attached hydrogens (tertiary/aromatic N) is 3. The van der Waals surface area contributed by atoms with Crippen molar-refractivity contribution in [1.29, 1.82) is 0 Å². The summed E-state index contributed by atoms with van der Waals surface area (Å²) in [6, 6.07) is 0. The predicted octanol–water partition coefficient (Wildman–Crippen LogP) is 1.31. The summed E-state index contributed by atoms with van der Waals surface area (Å²) in [5.74, 6) is 0.0833. The van der Waals surface area contributed by atoms with E-state index in [1.54, 1.807) is 0 Å². The van der Waals surface area contributed by atoms with Crippen LogP contribution in [0.3, 0.4) is 0 Å². The van der Waals surface area contributed by atoms with Gasteiger partial charge in [-0.25, -0.2) is 0 Å². The fourth-order valence-electron chi connectivity index (χ4n) is 2.25. The molecule has 1 saturated heterocycles. The number of rotatable bonds is 3. The highest BCUT2D eigenvalue weighted by Crippen LogP contribution is 2.22. The molecule has 0 aliphatic carbocycles. The Bertz CT molecular complexity index is 429. The Morgan fingerprint density at radius 2 is 2.33 bits per heavy atom. The summed E-state index contributed by atoms with van der Waals surface area (Å²) < 4.78 is 3.93. The minimum atomic E-state index is -0.150. The van der Waals surface area contributed by atoms with Crippen LogP contribution in [0.1, 0.15) is 42.6 Å². The molecule has 100 valence electrons. The van der Waals surface area contributed by atoms with Crippen molar-refractivity contribution < 1.29 is 4.79 Å². The van der Waals surface area contributed by atoms with E-state index >= 15 is 0 Å². The highest BCUT2D eigenvalue weighted by atomic mass is 32.1. The number of carbonyl (C=O) groups excluding carboxylic acids is 1. The molecule has 1 aromatic heterocycles. The van der Waals surface area contributed by atoms with Crippen molar-refractivity contribution in [2.24, 2.45) is 0 Å². The molecule has 1 amide bonds. The first-order valence-electron chi connectivity index (χ1n) is 6.40. The van der Waals surface area contributed by atoms with Gasteiger partial charge in [-0.05, 0) is 31.8 Å². The lowest BCUT2D eigenvalue weighted by Crippen LogP contribution is -2.59. The van der Waals surface area contributed by atoms with Gasteiger partial charge in [-0.2, -0.15) is 0 Å². The Morgan fingerprint density at radius 1 is 1.56 bits per heavy atom. The molecule has 1 N–H and O–H groups in total. The molecule has 1 aliphatic heterocycles. The summed E-state index contributed by atoms with van der Waals surface area (Å²) in [6.07, 6.45) is 1.81. The first-order valence-corrected chi connectivity index (χ1v) is 7.17. The smallest absolute Gasteiger partial charge is 0.268 e. The van der Waals surface area contributed by atoms with Crippen molar-refractivity contribution in [1.82, 2.24) is 19.8 Å². The molecule has 0 atom stereocenters. The highest BCUT2D eigenvalue weighted by Gasteiger charge is 2.35. The van der Waals surface area contributed by atoms with Crippen LogP contribution in [0.2, 0.25) is 0 Å².